The van der Waals surface area contributed by atoms with E-state index in [2.05, 4.69) is 10.6 Å². The highest BCUT2D eigenvalue weighted by Gasteiger charge is 2.31. The molecule has 3 rings (SSSR count). The van der Waals surface area contributed by atoms with Crippen molar-refractivity contribution in [3.8, 4) is 5.75 Å². The highest BCUT2D eigenvalue weighted by Crippen LogP contribution is 2.30. The Morgan fingerprint density at radius 1 is 0.923 bits per heavy atom. The molecule has 0 aliphatic heterocycles. The van der Waals surface area contributed by atoms with Crippen molar-refractivity contribution in [1.29, 1.82) is 0 Å². The van der Waals surface area contributed by atoms with Gasteiger partial charge in [0.2, 0.25) is 11.8 Å². The summed E-state index contributed by atoms with van der Waals surface area (Å²) in [6.07, 6.45) is 7.86. The Morgan fingerprint density at radius 3 is 2.08 bits per heavy atom. The maximum absolute atomic E-state index is 12.5. The van der Waals surface area contributed by atoms with Crippen molar-refractivity contribution in [3.63, 3.8) is 0 Å². The molecule has 5 heteroatoms. The van der Waals surface area contributed by atoms with Gasteiger partial charge >= 0.3 is 0 Å². The molecule has 142 valence electrons. The van der Waals surface area contributed by atoms with E-state index >= 15 is 0 Å². The Bertz CT molecular complexity index is 600. The number of anilines is 1. The number of hydrogen-bond acceptors (Lipinski definition) is 3. The predicted octanol–water partition coefficient (Wildman–Crippen LogP) is 3.89. The smallest absolute Gasteiger partial charge is 0.227 e. The Morgan fingerprint density at radius 2 is 1.50 bits per heavy atom. The fraction of sp³-hybridized carbons (Fsp3) is 0.619. The molecule has 2 amide bonds. The first kappa shape index (κ1) is 18.7. The Hall–Kier alpha value is -2.04. The minimum absolute atomic E-state index is 0.00269. The Balaban J connectivity index is 1.43. The highest BCUT2D eigenvalue weighted by atomic mass is 16.5. The normalized spacial score (nSPS) is 23.4. The lowest BCUT2D eigenvalue weighted by Gasteiger charge is -2.28. The summed E-state index contributed by atoms with van der Waals surface area (Å²) in [7, 11) is 0. The van der Waals surface area contributed by atoms with Crippen LogP contribution in [0.5, 0.6) is 5.75 Å². The summed E-state index contributed by atoms with van der Waals surface area (Å²) < 4.78 is 5.41. The molecule has 0 radical (unpaired) electrons. The monoisotopic (exact) mass is 358 g/mol. The zero-order chi connectivity index (χ0) is 18.4. The van der Waals surface area contributed by atoms with E-state index < -0.39 is 0 Å². The van der Waals surface area contributed by atoms with E-state index in [0.29, 0.717) is 12.6 Å². The van der Waals surface area contributed by atoms with E-state index in [1.165, 1.54) is 12.8 Å². The number of rotatable bonds is 6. The number of hydrogen-bond donors (Lipinski definition) is 2. The maximum atomic E-state index is 12.5. The quantitative estimate of drug-likeness (QED) is 0.811. The molecular formula is C21H30N2O3. The zero-order valence-electron chi connectivity index (χ0n) is 15.6. The average Bonchev–Trinajstić information content (AvgIpc) is 3.16. The molecule has 2 fully saturated rings. The van der Waals surface area contributed by atoms with E-state index in [0.717, 1.165) is 50.0 Å². The van der Waals surface area contributed by atoms with Crippen molar-refractivity contribution in [2.75, 3.05) is 11.9 Å². The largest absolute Gasteiger partial charge is 0.494 e. The van der Waals surface area contributed by atoms with Gasteiger partial charge in [-0.05, 0) is 69.7 Å². The van der Waals surface area contributed by atoms with Gasteiger partial charge in [-0.3, -0.25) is 9.59 Å². The van der Waals surface area contributed by atoms with Crippen molar-refractivity contribution in [2.24, 2.45) is 11.8 Å². The number of carbonyl (C=O) groups excluding carboxylic acids is 2. The topological polar surface area (TPSA) is 67.4 Å². The molecule has 0 bridgehead atoms. The molecule has 0 atom stereocenters. The van der Waals surface area contributed by atoms with Crippen molar-refractivity contribution >= 4 is 17.5 Å². The summed E-state index contributed by atoms with van der Waals surface area (Å²) in [5, 5.41) is 6.19. The molecule has 1 aromatic carbocycles. The molecule has 0 saturated heterocycles. The summed E-state index contributed by atoms with van der Waals surface area (Å²) in [6, 6.07) is 7.84. The standard InChI is InChI=1S/C21H30N2O3/c1-2-26-19-13-11-18(12-14-19)23-21(25)16-9-7-15(8-10-16)20(24)22-17-5-3-4-6-17/h11-17H,2-10H2,1H3,(H,22,24)(H,23,25). The second-order valence-corrected chi connectivity index (χ2v) is 7.49. The summed E-state index contributed by atoms with van der Waals surface area (Å²) in [6.45, 7) is 2.57. The lowest BCUT2D eigenvalue weighted by atomic mass is 9.81. The van der Waals surface area contributed by atoms with Gasteiger partial charge in [0, 0.05) is 23.6 Å². The van der Waals surface area contributed by atoms with Crippen LogP contribution in [0.1, 0.15) is 58.3 Å². The van der Waals surface area contributed by atoms with E-state index in [-0.39, 0.29) is 23.7 Å². The number of benzene rings is 1. The van der Waals surface area contributed by atoms with Crippen molar-refractivity contribution < 1.29 is 14.3 Å². The minimum atomic E-state index is -0.00269. The van der Waals surface area contributed by atoms with Gasteiger partial charge in [-0.1, -0.05) is 12.8 Å². The van der Waals surface area contributed by atoms with Gasteiger partial charge < -0.3 is 15.4 Å². The summed E-state index contributed by atoms with van der Waals surface area (Å²) in [5.41, 5.74) is 0.791. The van der Waals surface area contributed by atoms with Crippen LogP contribution < -0.4 is 15.4 Å². The SMILES string of the molecule is CCOc1ccc(NC(=O)C2CCC(C(=O)NC3CCCC3)CC2)cc1. The third kappa shape index (κ3) is 4.99. The molecular weight excluding hydrogens is 328 g/mol. The van der Waals surface area contributed by atoms with Gasteiger partial charge in [-0.2, -0.15) is 0 Å². The van der Waals surface area contributed by atoms with Gasteiger partial charge in [0.15, 0.2) is 0 Å². The summed E-state index contributed by atoms with van der Waals surface area (Å²) in [4.78, 5) is 24.9. The molecule has 0 spiro atoms. The third-order valence-corrected chi connectivity index (χ3v) is 5.60. The van der Waals surface area contributed by atoms with Crippen molar-refractivity contribution in [1.82, 2.24) is 5.32 Å². The lowest BCUT2D eigenvalue weighted by molar-refractivity contribution is -0.129. The highest BCUT2D eigenvalue weighted by molar-refractivity contribution is 5.92. The molecule has 1 aromatic rings. The molecule has 2 N–H and O–H groups in total. The van der Waals surface area contributed by atoms with Crippen LogP contribution in [0.4, 0.5) is 5.69 Å². The van der Waals surface area contributed by atoms with Gasteiger partial charge in [0.1, 0.15) is 5.75 Å². The number of nitrogens with one attached hydrogen (secondary N) is 2. The first-order chi connectivity index (χ1) is 12.7. The van der Waals surface area contributed by atoms with E-state index in [1.807, 2.05) is 31.2 Å². The van der Waals surface area contributed by atoms with Crippen LogP contribution in [0.2, 0.25) is 0 Å². The van der Waals surface area contributed by atoms with Gasteiger partial charge in [-0.15, -0.1) is 0 Å². The van der Waals surface area contributed by atoms with Crippen LogP contribution in [-0.2, 0) is 9.59 Å². The van der Waals surface area contributed by atoms with E-state index in [4.69, 9.17) is 4.74 Å². The zero-order valence-corrected chi connectivity index (χ0v) is 15.6. The molecule has 2 aliphatic carbocycles. The molecule has 5 nitrogen and oxygen atoms in total. The Kier molecular flexibility index (Phi) is 6.53. The van der Waals surface area contributed by atoms with Crippen LogP contribution in [-0.4, -0.2) is 24.5 Å². The summed E-state index contributed by atoms with van der Waals surface area (Å²) >= 11 is 0. The average molecular weight is 358 g/mol. The lowest BCUT2D eigenvalue weighted by Crippen LogP contribution is -2.39. The van der Waals surface area contributed by atoms with Crippen LogP contribution in [0, 0.1) is 11.8 Å². The molecule has 2 aliphatic rings. The predicted molar refractivity (Wildman–Crippen MR) is 102 cm³/mol. The Labute approximate surface area is 155 Å². The number of carbonyl (C=O) groups is 2. The van der Waals surface area contributed by atoms with Gasteiger partial charge in [-0.25, -0.2) is 0 Å². The third-order valence-electron chi connectivity index (χ3n) is 5.60. The first-order valence-electron chi connectivity index (χ1n) is 10.00. The second-order valence-electron chi connectivity index (χ2n) is 7.49. The molecule has 0 unspecified atom stereocenters. The van der Waals surface area contributed by atoms with Crippen LogP contribution in [0.3, 0.4) is 0 Å². The minimum Gasteiger partial charge on any atom is -0.494 e. The van der Waals surface area contributed by atoms with Gasteiger partial charge in [0.25, 0.3) is 0 Å². The van der Waals surface area contributed by atoms with Crippen LogP contribution >= 0.6 is 0 Å². The van der Waals surface area contributed by atoms with Crippen molar-refractivity contribution in [2.45, 2.75) is 64.3 Å². The molecule has 0 aromatic heterocycles. The molecule has 0 heterocycles. The van der Waals surface area contributed by atoms with Crippen LogP contribution in [0.25, 0.3) is 0 Å². The fourth-order valence-corrected chi connectivity index (χ4v) is 4.05. The summed E-state index contributed by atoms with van der Waals surface area (Å²) in [5.74, 6) is 1.13. The first-order valence-corrected chi connectivity index (χ1v) is 10.00. The number of ether oxygens (including phenoxy) is 1. The molecule has 2 saturated carbocycles. The fourth-order valence-electron chi connectivity index (χ4n) is 4.05. The van der Waals surface area contributed by atoms with E-state index in [1.54, 1.807) is 0 Å². The second kappa shape index (κ2) is 9.06. The van der Waals surface area contributed by atoms with Crippen LogP contribution in [0.15, 0.2) is 24.3 Å². The maximum Gasteiger partial charge on any atom is 0.227 e. The number of amides is 2. The van der Waals surface area contributed by atoms with Gasteiger partial charge in [0.05, 0.1) is 6.61 Å². The van der Waals surface area contributed by atoms with E-state index in [9.17, 15) is 9.59 Å². The van der Waals surface area contributed by atoms with Crippen molar-refractivity contribution in [3.05, 3.63) is 24.3 Å². The molecule has 26 heavy (non-hydrogen) atoms.